The largest absolute Gasteiger partial charge is 0.479 e. The maximum absolute atomic E-state index is 11.8. The second-order valence-corrected chi connectivity index (χ2v) is 6.05. The van der Waals surface area contributed by atoms with Crippen LogP contribution < -0.4 is 0 Å². The molecule has 1 unspecified atom stereocenters. The molecule has 0 saturated heterocycles. The van der Waals surface area contributed by atoms with Gasteiger partial charge in [-0.3, -0.25) is 9.36 Å². The lowest BCUT2D eigenvalue weighted by Gasteiger charge is -2.26. The van der Waals surface area contributed by atoms with Crippen LogP contribution in [-0.4, -0.2) is 30.6 Å². The van der Waals surface area contributed by atoms with Gasteiger partial charge in [0.1, 0.15) is 0 Å². The van der Waals surface area contributed by atoms with Crippen molar-refractivity contribution in [3.05, 3.63) is 24.7 Å². The number of nitrogens with zero attached hydrogens (tertiary/aromatic N) is 4. The van der Waals surface area contributed by atoms with E-state index >= 15 is 0 Å². The smallest absolute Gasteiger partial charge is 0.331 e. The number of carboxylic acids is 1. The standard InChI is InChI=1S/C14H16N4O2/c1-17-3-2-12(16-17)11-7-15-18(8-11)14(13(19)20)5-9-4-10(9)6-14/h2-3,7-10H,4-6H2,1H3,(H,19,20)/t9-,10+,14?. The fraction of sp³-hybridized carbons (Fsp3) is 0.500. The summed E-state index contributed by atoms with van der Waals surface area (Å²) in [5, 5.41) is 18.3. The Balaban J connectivity index is 1.71. The Morgan fingerprint density at radius 3 is 2.80 bits per heavy atom. The third-order valence-electron chi connectivity index (χ3n) is 4.70. The lowest BCUT2D eigenvalue weighted by Crippen LogP contribution is -2.41. The molecule has 2 aliphatic carbocycles. The molecule has 6 heteroatoms. The van der Waals surface area contributed by atoms with Gasteiger partial charge in [0.2, 0.25) is 0 Å². The van der Waals surface area contributed by atoms with Crippen LogP contribution in [0.3, 0.4) is 0 Å². The van der Waals surface area contributed by atoms with Gasteiger partial charge in [0, 0.05) is 25.0 Å². The van der Waals surface area contributed by atoms with Crippen LogP contribution in [-0.2, 0) is 17.4 Å². The summed E-state index contributed by atoms with van der Waals surface area (Å²) in [6, 6.07) is 1.90. The van der Waals surface area contributed by atoms with Gasteiger partial charge in [-0.15, -0.1) is 0 Å². The first-order valence-corrected chi connectivity index (χ1v) is 6.87. The second-order valence-electron chi connectivity index (χ2n) is 6.05. The summed E-state index contributed by atoms with van der Waals surface area (Å²) in [7, 11) is 1.86. The van der Waals surface area contributed by atoms with Crippen LogP contribution in [0.5, 0.6) is 0 Å². The predicted molar refractivity (Wildman–Crippen MR) is 70.9 cm³/mol. The molecule has 4 rings (SSSR count). The van der Waals surface area contributed by atoms with E-state index in [0.29, 0.717) is 24.7 Å². The number of aromatic nitrogens is 4. The fourth-order valence-corrected chi connectivity index (χ4v) is 3.48. The summed E-state index contributed by atoms with van der Waals surface area (Å²) in [6.07, 6.45) is 7.98. The molecule has 0 amide bonds. The van der Waals surface area contributed by atoms with E-state index in [1.54, 1.807) is 15.6 Å². The van der Waals surface area contributed by atoms with Gasteiger partial charge in [0.15, 0.2) is 5.54 Å². The van der Waals surface area contributed by atoms with Gasteiger partial charge in [-0.1, -0.05) is 0 Å². The molecule has 0 bridgehead atoms. The van der Waals surface area contributed by atoms with Crippen molar-refractivity contribution < 1.29 is 9.90 Å². The van der Waals surface area contributed by atoms with Gasteiger partial charge >= 0.3 is 5.97 Å². The fourth-order valence-electron chi connectivity index (χ4n) is 3.48. The third kappa shape index (κ3) is 1.54. The normalized spacial score (nSPS) is 31.2. The summed E-state index contributed by atoms with van der Waals surface area (Å²) >= 11 is 0. The Hall–Kier alpha value is -2.11. The maximum atomic E-state index is 11.8. The number of hydrogen-bond donors (Lipinski definition) is 1. The molecule has 3 atom stereocenters. The average molecular weight is 272 g/mol. The molecule has 6 nitrogen and oxygen atoms in total. The molecule has 0 spiro atoms. The molecular weight excluding hydrogens is 256 g/mol. The Morgan fingerprint density at radius 1 is 1.45 bits per heavy atom. The quantitative estimate of drug-likeness (QED) is 0.918. The van der Waals surface area contributed by atoms with Crippen molar-refractivity contribution in [3.63, 3.8) is 0 Å². The van der Waals surface area contributed by atoms with Crippen LogP contribution in [0.1, 0.15) is 19.3 Å². The molecule has 2 aromatic rings. The van der Waals surface area contributed by atoms with Crippen LogP contribution in [0.4, 0.5) is 0 Å². The van der Waals surface area contributed by atoms with Crippen LogP contribution in [0, 0.1) is 11.8 Å². The van der Waals surface area contributed by atoms with Gasteiger partial charge in [0.05, 0.1) is 11.9 Å². The molecule has 0 aliphatic heterocycles. The van der Waals surface area contributed by atoms with Crippen molar-refractivity contribution in [1.29, 1.82) is 0 Å². The van der Waals surface area contributed by atoms with Gasteiger partial charge in [-0.05, 0) is 37.2 Å². The summed E-state index contributed by atoms with van der Waals surface area (Å²) < 4.78 is 3.37. The highest BCUT2D eigenvalue weighted by Crippen LogP contribution is 2.58. The highest BCUT2D eigenvalue weighted by molar-refractivity contribution is 5.78. The number of rotatable bonds is 3. The minimum absolute atomic E-state index is 0.577. The van der Waals surface area contributed by atoms with Crippen molar-refractivity contribution in [2.75, 3.05) is 0 Å². The van der Waals surface area contributed by atoms with Crippen LogP contribution in [0.15, 0.2) is 24.7 Å². The molecule has 104 valence electrons. The average Bonchev–Trinajstić information content (AvgIpc) is 2.88. The summed E-state index contributed by atoms with van der Waals surface area (Å²) in [5.41, 5.74) is 0.843. The highest BCUT2D eigenvalue weighted by Gasteiger charge is 2.59. The molecule has 2 aromatic heterocycles. The lowest BCUT2D eigenvalue weighted by atomic mass is 9.93. The van der Waals surface area contributed by atoms with E-state index in [1.807, 2.05) is 25.5 Å². The Morgan fingerprint density at radius 2 is 2.20 bits per heavy atom. The van der Waals surface area contributed by atoms with E-state index < -0.39 is 11.5 Å². The van der Waals surface area contributed by atoms with E-state index in [2.05, 4.69) is 10.2 Å². The third-order valence-corrected chi connectivity index (χ3v) is 4.70. The van der Waals surface area contributed by atoms with Crippen molar-refractivity contribution >= 4 is 5.97 Å². The molecule has 2 saturated carbocycles. The summed E-state index contributed by atoms with van der Waals surface area (Å²) in [6.45, 7) is 0. The van der Waals surface area contributed by atoms with Crippen LogP contribution in [0.25, 0.3) is 11.3 Å². The number of aliphatic carboxylic acids is 1. The summed E-state index contributed by atoms with van der Waals surface area (Å²) in [4.78, 5) is 11.8. The van der Waals surface area contributed by atoms with E-state index in [9.17, 15) is 9.90 Å². The van der Waals surface area contributed by atoms with Crippen LogP contribution in [0.2, 0.25) is 0 Å². The molecule has 20 heavy (non-hydrogen) atoms. The Kier molecular flexibility index (Phi) is 2.17. The molecule has 0 aromatic carbocycles. The Labute approximate surface area is 116 Å². The molecule has 2 heterocycles. The SMILES string of the molecule is Cn1ccc(-c2cnn(C3(C(=O)O)C[C@H]4C[C@H]4C3)c2)n1. The topological polar surface area (TPSA) is 72.9 Å². The van der Waals surface area contributed by atoms with Gasteiger partial charge in [-0.2, -0.15) is 10.2 Å². The first kappa shape index (κ1) is 11.7. The zero-order valence-electron chi connectivity index (χ0n) is 11.2. The van der Waals surface area contributed by atoms with E-state index in [0.717, 1.165) is 11.3 Å². The van der Waals surface area contributed by atoms with Gasteiger partial charge in [0.25, 0.3) is 0 Å². The molecule has 2 fully saturated rings. The first-order chi connectivity index (χ1) is 9.58. The number of hydrogen-bond acceptors (Lipinski definition) is 3. The number of carboxylic acid groups (broad SMARTS) is 1. The monoisotopic (exact) mass is 272 g/mol. The minimum Gasteiger partial charge on any atom is -0.479 e. The zero-order chi connectivity index (χ0) is 13.9. The van der Waals surface area contributed by atoms with Crippen molar-refractivity contribution in [3.8, 4) is 11.3 Å². The number of fused-ring (bicyclic) bond motifs is 1. The molecule has 1 N–H and O–H groups in total. The Bertz CT molecular complexity index is 677. The van der Waals surface area contributed by atoms with E-state index in [4.69, 9.17) is 0 Å². The highest BCUT2D eigenvalue weighted by atomic mass is 16.4. The van der Waals surface area contributed by atoms with Crippen molar-refractivity contribution in [1.82, 2.24) is 19.6 Å². The molecule has 2 aliphatic rings. The molecular formula is C14H16N4O2. The second kappa shape index (κ2) is 3.71. The van der Waals surface area contributed by atoms with Gasteiger partial charge < -0.3 is 5.11 Å². The number of carbonyl (C=O) groups is 1. The van der Waals surface area contributed by atoms with Gasteiger partial charge in [-0.25, -0.2) is 4.79 Å². The zero-order valence-corrected chi connectivity index (χ0v) is 11.2. The molecule has 0 radical (unpaired) electrons. The minimum atomic E-state index is -0.847. The van der Waals surface area contributed by atoms with Crippen LogP contribution >= 0.6 is 0 Å². The van der Waals surface area contributed by atoms with Crippen molar-refractivity contribution in [2.24, 2.45) is 18.9 Å². The first-order valence-electron chi connectivity index (χ1n) is 6.87. The summed E-state index contributed by atoms with van der Waals surface area (Å²) in [5.74, 6) is 0.391. The lowest BCUT2D eigenvalue weighted by molar-refractivity contribution is -0.148. The number of aryl methyl sites for hydroxylation is 1. The van der Waals surface area contributed by atoms with Crippen molar-refractivity contribution in [2.45, 2.75) is 24.8 Å². The van der Waals surface area contributed by atoms with E-state index in [-0.39, 0.29) is 0 Å². The van der Waals surface area contributed by atoms with E-state index in [1.165, 1.54) is 6.42 Å². The maximum Gasteiger partial charge on any atom is 0.331 e. The predicted octanol–water partition coefficient (Wildman–Crippen LogP) is 1.49.